The van der Waals surface area contributed by atoms with E-state index in [9.17, 15) is 19.2 Å². The first-order chi connectivity index (χ1) is 18.5. The van der Waals surface area contributed by atoms with Gasteiger partial charge in [0.25, 0.3) is 5.91 Å². The summed E-state index contributed by atoms with van der Waals surface area (Å²) in [6, 6.07) is 6.51. The molecule has 2 fully saturated rings. The summed E-state index contributed by atoms with van der Waals surface area (Å²) in [6.07, 6.45) is 1.13. The average molecular weight is 558 g/mol. The number of hydrogen-bond donors (Lipinski definition) is 0. The van der Waals surface area contributed by atoms with Gasteiger partial charge in [-0.05, 0) is 61.4 Å². The number of Topliss-reactive ketones (excluding diaryl/α,β-unsaturated/α-hetero) is 1. The summed E-state index contributed by atoms with van der Waals surface area (Å²) in [5, 5.41) is 0. The van der Waals surface area contributed by atoms with Crippen LogP contribution in [-0.4, -0.2) is 69.5 Å². The van der Waals surface area contributed by atoms with E-state index in [1.165, 1.54) is 0 Å². The number of carbonyl (C=O) groups excluding carboxylic acids is 4. The van der Waals surface area contributed by atoms with Gasteiger partial charge in [0.2, 0.25) is 0 Å². The number of carbonyl (C=O) groups is 4. The van der Waals surface area contributed by atoms with E-state index in [0.717, 1.165) is 17.2 Å². The number of nitrogens with zero attached hydrogens (tertiary/aromatic N) is 1. The molecule has 3 aliphatic carbocycles. The molecular formula is C30H43NO7Si. The standard InChI is InChI=1S/C30H43NO7Si/c1-7-12-37-29(35)28-22(16-25(34)36-13-14-39(4,5)6)26-20-11-10-19(38-18-24(33)31(8-2)9-3)15-21(20)27-23(32)17-30(26,27)28/h10-11,15,22,26-28H,7-9,12-14,16-18H2,1-6H3/t22-,26?,27-,28?,30?/m1/s1. The summed E-state index contributed by atoms with van der Waals surface area (Å²) in [5.74, 6) is -1.40. The summed E-state index contributed by atoms with van der Waals surface area (Å²) in [7, 11) is -1.35. The molecule has 9 heteroatoms. The number of benzene rings is 1. The average Bonchev–Trinajstić information content (AvgIpc) is 3.05. The predicted octanol–water partition coefficient (Wildman–Crippen LogP) is 4.54. The zero-order chi connectivity index (χ0) is 28.5. The highest BCUT2D eigenvalue weighted by Crippen LogP contribution is 2.79. The minimum atomic E-state index is -1.35. The monoisotopic (exact) mass is 557 g/mol. The Labute approximate surface area is 232 Å². The molecule has 2 saturated carbocycles. The van der Waals surface area contributed by atoms with Gasteiger partial charge in [-0.25, -0.2) is 0 Å². The Morgan fingerprint density at radius 3 is 2.36 bits per heavy atom. The third-order valence-corrected chi connectivity index (χ3v) is 10.5. The van der Waals surface area contributed by atoms with Crippen LogP contribution < -0.4 is 4.74 Å². The maximum Gasteiger partial charge on any atom is 0.309 e. The van der Waals surface area contributed by atoms with Gasteiger partial charge in [-0.3, -0.25) is 19.2 Å². The fourth-order valence-electron chi connectivity index (χ4n) is 6.93. The Bertz CT molecular complexity index is 1120. The number of rotatable bonds is 13. The summed E-state index contributed by atoms with van der Waals surface area (Å²) in [5.41, 5.74) is 1.29. The Morgan fingerprint density at radius 2 is 1.74 bits per heavy atom. The number of ether oxygens (including phenoxy) is 3. The number of hydrogen-bond acceptors (Lipinski definition) is 7. The minimum absolute atomic E-state index is 0.0779. The highest BCUT2D eigenvalue weighted by atomic mass is 28.3. The molecule has 8 nitrogen and oxygen atoms in total. The quantitative estimate of drug-likeness (QED) is 0.259. The molecule has 3 unspecified atom stereocenters. The van der Waals surface area contributed by atoms with Crippen molar-refractivity contribution in [3.05, 3.63) is 29.3 Å². The molecule has 1 aromatic carbocycles. The van der Waals surface area contributed by atoms with Crippen molar-refractivity contribution in [1.82, 2.24) is 4.90 Å². The molecule has 39 heavy (non-hydrogen) atoms. The third-order valence-electron chi connectivity index (χ3n) is 8.76. The first-order valence-corrected chi connectivity index (χ1v) is 18.1. The summed E-state index contributed by atoms with van der Waals surface area (Å²) in [4.78, 5) is 53.4. The van der Waals surface area contributed by atoms with Gasteiger partial charge in [0.05, 0.1) is 25.0 Å². The van der Waals surface area contributed by atoms with Crippen LogP contribution in [0.1, 0.15) is 63.0 Å². The van der Waals surface area contributed by atoms with Crippen LogP contribution in [0.25, 0.3) is 0 Å². The molecule has 5 atom stereocenters. The second-order valence-electron chi connectivity index (χ2n) is 12.4. The van der Waals surface area contributed by atoms with Crippen LogP contribution >= 0.6 is 0 Å². The highest BCUT2D eigenvalue weighted by molar-refractivity contribution is 6.76. The van der Waals surface area contributed by atoms with Crippen molar-refractivity contribution in [2.45, 2.75) is 77.6 Å². The second-order valence-corrected chi connectivity index (χ2v) is 18.0. The van der Waals surface area contributed by atoms with E-state index < -0.39 is 25.3 Å². The fourth-order valence-corrected chi connectivity index (χ4v) is 7.65. The molecule has 1 aromatic rings. The third kappa shape index (κ3) is 5.39. The van der Waals surface area contributed by atoms with Crippen molar-refractivity contribution >= 4 is 31.7 Å². The van der Waals surface area contributed by atoms with Crippen LogP contribution in [-0.2, 0) is 28.7 Å². The number of ketones is 1. The first-order valence-electron chi connectivity index (χ1n) is 14.4. The van der Waals surface area contributed by atoms with Crippen LogP contribution in [0.15, 0.2) is 18.2 Å². The van der Waals surface area contributed by atoms with E-state index in [4.69, 9.17) is 14.2 Å². The van der Waals surface area contributed by atoms with E-state index >= 15 is 0 Å². The van der Waals surface area contributed by atoms with Crippen LogP contribution in [0.2, 0.25) is 25.7 Å². The van der Waals surface area contributed by atoms with Gasteiger partial charge >= 0.3 is 11.9 Å². The largest absolute Gasteiger partial charge is 0.484 e. The molecule has 3 aliphatic rings. The topological polar surface area (TPSA) is 99.2 Å². The van der Waals surface area contributed by atoms with Crippen molar-refractivity contribution < 1.29 is 33.4 Å². The van der Waals surface area contributed by atoms with Gasteiger partial charge in [0.15, 0.2) is 6.61 Å². The van der Waals surface area contributed by atoms with E-state index in [2.05, 4.69) is 19.6 Å². The lowest BCUT2D eigenvalue weighted by Crippen LogP contribution is -2.65. The fraction of sp³-hybridized carbons (Fsp3) is 0.667. The normalized spacial score (nSPS) is 26.4. The van der Waals surface area contributed by atoms with E-state index in [1.54, 1.807) is 4.90 Å². The van der Waals surface area contributed by atoms with Gasteiger partial charge in [0.1, 0.15) is 11.5 Å². The van der Waals surface area contributed by atoms with Crippen LogP contribution in [0.5, 0.6) is 5.75 Å². The van der Waals surface area contributed by atoms with Crippen LogP contribution in [0.4, 0.5) is 0 Å². The maximum atomic E-state index is 13.3. The molecule has 1 amide bonds. The van der Waals surface area contributed by atoms with Gasteiger partial charge in [-0.15, -0.1) is 0 Å². The molecule has 0 N–H and O–H groups in total. The number of likely N-dealkylation sites (N-methyl/N-ethyl adjacent to an activating group) is 1. The molecule has 0 bridgehead atoms. The smallest absolute Gasteiger partial charge is 0.309 e. The van der Waals surface area contributed by atoms with Crippen molar-refractivity contribution in [3.8, 4) is 5.75 Å². The van der Waals surface area contributed by atoms with Crippen LogP contribution in [0, 0.1) is 17.3 Å². The molecule has 0 radical (unpaired) electrons. The summed E-state index contributed by atoms with van der Waals surface area (Å²) >= 11 is 0. The number of amides is 1. The lowest BCUT2D eigenvalue weighted by atomic mass is 9.37. The highest BCUT2D eigenvalue weighted by Gasteiger charge is 2.78. The summed E-state index contributed by atoms with van der Waals surface area (Å²) < 4.78 is 17.0. The first kappa shape index (κ1) is 29.3. The van der Waals surface area contributed by atoms with Gasteiger partial charge < -0.3 is 19.1 Å². The maximum absolute atomic E-state index is 13.3. The number of esters is 2. The molecule has 0 saturated heterocycles. The van der Waals surface area contributed by atoms with E-state index in [1.807, 2.05) is 39.0 Å². The molecule has 0 aliphatic heterocycles. The zero-order valence-corrected chi connectivity index (χ0v) is 25.2. The minimum Gasteiger partial charge on any atom is -0.484 e. The molecule has 214 valence electrons. The molecule has 1 spiro atoms. The summed E-state index contributed by atoms with van der Waals surface area (Å²) in [6.45, 7) is 14.3. The van der Waals surface area contributed by atoms with Crippen LogP contribution in [0.3, 0.4) is 0 Å². The van der Waals surface area contributed by atoms with E-state index in [0.29, 0.717) is 44.9 Å². The zero-order valence-electron chi connectivity index (χ0n) is 24.2. The van der Waals surface area contributed by atoms with Crippen molar-refractivity contribution in [3.63, 3.8) is 0 Å². The Hall–Kier alpha value is -2.68. The molecule has 4 rings (SSSR count). The molecular weight excluding hydrogens is 514 g/mol. The van der Waals surface area contributed by atoms with Gasteiger partial charge in [0, 0.05) is 39.4 Å². The Balaban J connectivity index is 1.57. The van der Waals surface area contributed by atoms with Gasteiger partial charge in [-0.2, -0.15) is 0 Å². The number of fused-ring (bicyclic) bond motifs is 3. The SMILES string of the molecule is CCCOC(=O)C1[C@H](CC(=O)OCC[Si](C)(C)C)C2c3ccc(OCC(=O)N(CC)CC)cc3[C@@H]3C(=O)CC123. The lowest BCUT2D eigenvalue weighted by molar-refractivity contribution is -0.193. The van der Waals surface area contributed by atoms with E-state index in [-0.39, 0.29) is 48.5 Å². The lowest BCUT2D eigenvalue weighted by Gasteiger charge is -2.63. The molecule has 0 heterocycles. The van der Waals surface area contributed by atoms with Crippen molar-refractivity contribution in [1.29, 1.82) is 0 Å². The predicted molar refractivity (Wildman–Crippen MR) is 149 cm³/mol. The Kier molecular flexibility index (Phi) is 8.59. The second kappa shape index (κ2) is 11.4. The van der Waals surface area contributed by atoms with Gasteiger partial charge in [-0.1, -0.05) is 32.6 Å². The Morgan fingerprint density at radius 1 is 1.03 bits per heavy atom. The van der Waals surface area contributed by atoms with Crippen molar-refractivity contribution in [2.75, 3.05) is 32.9 Å². The van der Waals surface area contributed by atoms with Crippen molar-refractivity contribution in [2.24, 2.45) is 17.3 Å². The molecule has 0 aromatic heterocycles.